The third-order valence-corrected chi connectivity index (χ3v) is 18.0. The highest BCUT2D eigenvalue weighted by atomic mass is 16.4. The molecule has 0 radical (unpaired) electrons. The number of carbonyl (C=O) groups excluding carboxylic acids is 13. The molecule has 0 spiro atoms. The van der Waals surface area contributed by atoms with Crippen LogP contribution in [0.15, 0.2) is 41.8 Å². The van der Waals surface area contributed by atoms with E-state index in [4.69, 9.17) is 28.7 Å². The SMILES string of the molecule is CC[C@H](C)[C@H](NC(=O)[C@H](CCC(=O)O)NC(=O)[C@H](CCCN=C(N)N)NC(=O)[C@@H](N)CC(N)=O)C(=O)N[C@@H](CC(C)C)C(=O)N[C@@H](CCCCN)C(=O)N[C@@H](CCC(=O)O)C(=O)N1CCC[C@H]1C(=O)N[C@H](C(=O)N[C@@H](Cc1cnc[nH]1)C(=O)NCC(=O)N[C@H](C(=O)N[C@@H](Cc1ccc(O)cc1)C(=O)O)C(C)C)C(C)C. The minimum absolute atomic E-state index is 0.0158. The van der Waals surface area contributed by atoms with Crippen molar-refractivity contribution in [3.63, 3.8) is 0 Å². The van der Waals surface area contributed by atoms with Crippen molar-refractivity contribution in [3.05, 3.63) is 48.0 Å². The predicted molar refractivity (Wildman–Crippen MR) is 396 cm³/mol. The number of nitrogens with zero attached hydrogens (tertiary/aromatic N) is 3. The van der Waals surface area contributed by atoms with E-state index in [0.717, 1.165) is 4.90 Å². The summed E-state index contributed by atoms with van der Waals surface area (Å²) in [6.45, 7) is 12.4. The average Bonchev–Trinajstić information content (AvgIpc) is 1.61. The second-order valence-electron chi connectivity index (χ2n) is 28.2. The van der Waals surface area contributed by atoms with E-state index in [-0.39, 0.29) is 101 Å². The summed E-state index contributed by atoms with van der Waals surface area (Å²) in [6, 6.07) is -11.8. The molecule has 612 valence electrons. The highest BCUT2D eigenvalue weighted by Gasteiger charge is 2.42. The first kappa shape index (κ1) is 93.1. The molecule has 110 heavy (non-hydrogen) atoms. The lowest BCUT2D eigenvalue weighted by Gasteiger charge is -2.32. The van der Waals surface area contributed by atoms with Gasteiger partial charge < -0.3 is 117 Å². The van der Waals surface area contributed by atoms with Crippen molar-refractivity contribution in [2.75, 3.05) is 26.2 Å². The minimum atomic E-state index is -1.67. The van der Waals surface area contributed by atoms with E-state index in [1.54, 1.807) is 55.4 Å². The number of aromatic amines is 1. The number of aliphatic carboxylic acids is 3. The second-order valence-corrected chi connectivity index (χ2v) is 28.2. The number of primary amides is 1. The van der Waals surface area contributed by atoms with E-state index in [1.165, 1.54) is 36.8 Å². The summed E-state index contributed by atoms with van der Waals surface area (Å²) in [6.07, 6.45) is 0.0975. The van der Waals surface area contributed by atoms with Gasteiger partial charge in [-0.2, -0.15) is 0 Å². The fraction of sp³-hybridized carbons (Fsp3) is 0.629. The first-order valence-corrected chi connectivity index (χ1v) is 36.6. The molecule has 26 N–H and O–H groups in total. The van der Waals surface area contributed by atoms with E-state index in [9.17, 15) is 97.1 Å². The topological polar surface area (TPSA) is 661 Å². The largest absolute Gasteiger partial charge is 0.508 e. The number of likely N-dealkylation sites (tertiary alicyclic amines) is 1. The lowest BCUT2D eigenvalue weighted by molar-refractivity contribution is -0.144. The number of hydrogen-bond donors (Lipinski definition) is 21. The summed E-state index contributed by atoms with van der Waals surface area (Å²) in [5, 5.41) is 67.1. The van der Waals surface area contributed by atoms with Gasteiger partial charge in [-0.15, -0.1) is 0 Å². The van der Waals surface area contributed by atoms with Crippen molar-refractivity contribution < 1.29 is 97.1 Å². The lowest BCUT2D eigenvalue weighted by Crippen LogP contribution is -2.61. The fourth-order valence-corrected chi connectivity index (χ4v) is 11.7. The van der Waals surface area contributed by atoms with Crippen molar-refractivity contribution >= 4 is 101 Å². The number of H-pyrrole nitrogens is 1. The van der Waals surface area contributed by atoms with Crippen LogP contribution < -0.4 is 87.2 Å². The Labute approximate surface area is 636 Å². The van der Waals surface area contributed by atoms with Gasteiger partial charge in [0.05, 0.1) is 25.3 Å². The molecule has 0 unspecified atom stereocenters. The van der Waals surface area contributed by atoms with Crippen molar-refractivity contribution in [3.8, 4) is 5.75 Å². The molecule has 2 aromatic rings. The first-order chi connectivity index (χ1) is 51.8. The molecular formula is C70H112N20O20. The zero-order valence-corrected chi connectivity index (χ0v) is 63.4. The van der Waals surface area contributed by atoms with Gasteiger partial charge in [-0.25, -0.2) is 9.78 Å². The molecule has 1 fully saturated rings. The van der Waals surface area contributed by atoms with Gasteiger partial charge in [-0.1, -0.05) is 73.9 Å². The number of aliphatic imine (C=N–C) groups is 1. The molecule has 40 nitrogen and oxygen atoms in total. The van der Waals surface area contributed by atoms with Crippen LogP contribution >= 0.6 is 0 Å². The van der Waals surface area contributed by atoms with Crippen LogP contribution in [0.5, 0.6) is 5.75 Å². The van der Waals surface area contributed by atoms with Gasteiger partial charge in [-0.05, 0) is 112 Å². The van der Waals surface area contributed by atoms with E-state index < -0.39 is 224 Å². The van der Waals surface area contributed by atoms with Gasteiger partial charge in [0.15, 0.2) is 5.96 Å². The van der Waals surface area contributed by atoms with Gasteiger partial charge in [-0.3, -0.25) is 76.9 Å². The molecule has 13 atom stereocenters. The quantitative estimate of drug-likeness (QED) is 0.0169. The molecule has 2 heterocycles. The third kappa shape index (κ3) is 32.8. The number of hydrogen-bond acceptors (Lipinski definition) is 21. The van der Waals surface area contributed by atoms with Crippen LogP contribution in [0.3, 0.4) is 0 Å². The molecule has 0 aliphatic carbocycles. The standard InChI is InChI=1S/C70H112N20O20/c1-9-38(8)57(89-62(102)45(21-23-53(94)95)82-60(100)44(15-12-26-77-70(74)75)80-58(98)42(72)31-51(73)92)67(107)84-47(28-35(2)3)63(103)81-43(14-10-11-25-71)61(101)83-46(22-24-54(96)97)68(108)90-27-13-16-50(90)64(104)88-56(37(6)7)66(106)85-48(30-40-32-76-34-79-40)59(99)78-33-52(93)87-55(36(4)5)65(105)86-49(69(109)110)29-39-17-19-41(91)20-18-39/h17-20,32,34-38,42-50,55-57,91H,9-16,21-31,33,71-72H2,1-8H3,(H2,73,92)(H,76,79)(H,78,99)(H,80,98)(H,81,103)(H,82,100)(H,83,101)(H,84,107)(H,85,106)(H,86,105)(H,87,93)(H,88,104)(H,89,102)(H,94,95)(H,96,97)(H,109,110)(H4,74,75,77)/t38-,42-,43-,44-,45-,46-,47-,48-,49-,50-,55-,56-,57-/m0/s1. The normalized spacial score (nSPS) is 15.9. The van der Waals surface area contributed by atoms with E-state index in [2.05, 4.69) is 73.4 Å². The molecular weight excluding hydrogens is 1440 g/mol. The van der Waals surface area contributed by atoms with Crippen molar-refractivity contribution in [2.24, 2.45) is 57.3 Å². The third-order valence-electron chi connectivity index (χ3n) is 18.0. The minimum Gasteiger partial charge on any atom is -0.508 e. The number of carbonyl (C=O) groups is 16. The molecule has 3 rings (SSSR count). The number of aromatic nitrogens is 2. The molecule has 1 aliphatic heterocycles. The molecule has 13 amide bonds. The number of amides is 13. The zero-order chi connectivity index (χ0) is 82.6. The van der Waals surface area contributed by atoms with Gasteiger partial charge in [0.2, 0.25) is 76.8 Å². The number of aromatic hydroxyl groups is 1. The monoisotopic (exact) mass is 1550 g/mol. The molecule has 1 aromatic heterocycles. The van der Waals surface area contributed by atoms with Gasteiger partial charge in [0, 0.05) is 50.7 Å². The van der Waals surface area contributed by atoms with Gasteiger partial charge in [0.25, 0.3) is 0 Å². The molecule has 0 bridgehead atoms. The molecule has 1 aromatic carbocycles. The molecule has 1 aliphatic rings. The Kier molecular flexibility index (Phi) is 39.8. The van der Waals surface area contributed by atoms with Crippen molar-refractivity contribution in [1.29, 1.82) is 0 Å². The molecule has 0 saturated carbocycles. The van der Waals surface area contributed by atoms with Crippen LogP contribution in [0, 0.1) is 23.7 Å². The Morgan fingerprint density at radius 2 is 1.09 bits per heavy atom. The van der Waals surface area contributed by atoms with Crippen LogP contribution in [0.25, 0.3) is 0 Å². The number of guanidine groups is 1. The number of nitrogens with two attached hydrogens (primary N) is 5. The Balaban J connectivity index is 1.87. The summed E-state index contributed by atoms with van der Waals surface area (Å²) < 4.78 is 0. The number of benzene rings is 1. The molecule has 40 heteroatoms. The maximum absolute atomic E-state index is 14.8. The van der Waals surface area contributed by atoms with Crippen LogP contribution in [0.1, 0.15) is 157 Å². The summed E-state index contributed by atoms with van der Waals surface area (Å²) in [4.78, 5) is 229. The number of phenolic OH excluding ortho intramolecular Hbond substituents is 1. The first-order valence-electron chi connectivity index (χ1n) is 36.6. The van der Waals surface area contributed by atoms with E-state index in [0.29, 0.717) is 17.7 Å². The van der Waals surface area contributed by atoms with Crippen LogP contribution in [-0.4, -0.2) is 235 Å². The lowest BCUT2D eigenvalue weighted by atomic mass is 9.96. The zero-order valence-electron chi connectivity index (χ0n) is 63.4. The van der Waals surface area contributed by atoms with Crippen molar-refractivity contribution in [1.82, 2.24) is 73.4 Å². The second kappa shape index (κ2) is 47.0. The van der Waals surface area contributed by atoms with Crippen LogP contribution in [0.4, 0.5) is 0 Å². The number of unbranched alkanes of at least 4 members (excludes halogenated alkanes) is 1. The summed E-state index contributed by atoms with van der Waals surface area (Å²) in [5.74, 6) is -18.7. The average molecular weight is 1550 g/mol. The smallest absolute Gasteiger partial charge is 0.326 e. The van der Waals surface area contributed by atoms with Crippen LogP contribution in [-0.2, 0) is 89.6 Å². The Morgan fingerprint density at radius 1 is 0.582 bits per heavy atom. The predicted octanol–water partition coefficient (Wildman–Crippen LogP) is -4.54. The maximum Gasteiger partial charge on any atom is 0.326 e. The van der Waals surface area contributed by atoms with E-state index in [1.807, 2.05) is 0 Å². The number of carboxylic acid groups (broad SMARTS) is 3. The van der Waals surface area contributed by atoms with E-state index >= 15 is 0 Å². The fourth-order valence-electron chi connectivity index (χ4n) is 11.7. The Morgan fingerprint density at radius 3 is 1.62 bits per heavy atom. The molecule has 1 saturated heterocycles. The highest BCUT2D eigenvalue weighted by Crippen LogP contribution is 2.22. The number of rotatable bonds is 50. The highest BCUT2D eigenvalue weighted by molar-refractivity contribution is 6.00. The summed E-state index contributed by atoms with van der Waals surface area (Å²) in [7, 11) is 0. The maximum atomic E-state index is 14.8. The van der Waals surface area contributed by atoms with Crippen molar-refractivity contribution in [2.45, 2.75) is 231 Å². The summed E-state index contributed by atoms with van der Waals surface area (Å²) in [5.41, 5.74) is 28.6. The Bertz CT molecular complexity index is 3500. The number of phenols is 1. The van der Waals surface area contributed by atoms with Gasteiger partial charge in [0.1, 0.15) is 72.2 Å². The summed E-state index contributed by atoms with van der Waals surface area (Å²) >= 11 is 0. The van der Waals surface area contributed by atoms with Gasteiger partial charge >= 0.3 is 17.9 Å². The number of carboxylic acids is 3. The number of nitrogens with one attached hydrogen (secondary N) is 12. The van der Waals surface area contributed by atoms with Crippen LogP contribution in [0.2, 0.25) is 0 Å². The Hall–Kier alpha value is -11.1. The number of imidazole rings is 1.